The predicted octanol–water partition coefficient (Wildman–Crippen LogP) is 3.40. The van der Waals surface area contributed by atoms with E-state index in [1.807, 2.05) is 0 Å². The highest BCUT2D eigenvalue weighted by molar-refractivity contribution is 5.79. The summed E-state index contributed by atoms with van der Waals surface area (Å²) in [6.45, 7) is 2.58. The van der Waals surface area contributed by atoms with Gasteiger partial charge in [-0.1, -0.05) is 24.3 Å². The molecular weight excluding hydrogens is 413 g/mol. The van der Waals surface area contributed by atoms with Gasteiger partial charge in [-0.3, -0.25) is 9.53 Å². The van der Waals surface area contributed by atoms with Gasteiger partial charge in [-0.05, 0) is 62.0 Å². The monoisotopic (exact) mass is 440 g/mol. The number of nitrogens with zero attached hydrogens (tertiary/aromatic N) is 1. The number of carbonyl (C=O) groups is 1. The first-order valence-electron chi connectivity index (χ1n) is 10.3. The Hall–Kier alpha value is -2.52. The lowest BCUT2D eigenvalue weighted by Gasteiger charge is -2.25. The summed E-state index contributed by atoms with van der Waals surface area (Å²) in [5.41, 5.74) is 1.42. The highest BCUT2D eigenvalue weighted by atomic mass is 19.4. The summed E-state index contributed by atoms with van der Waals surface area (Å²) in [4.78, 5) is 14.9. The standard InChI is InChI=1S/C22H27F3N2O4/c23-22(24,25)31-18-6-3-15(4-7-18)13-21(30)26-17(14-27-9-1-2-10-27)11-16-5-8-19(28)20(29)12-16/h3-6,8,12,17-18,28-29H,1-2,7,9-11,13-14H2,(H,26,30). The van der Waals surface area contributed by atoms with E-state index in [1.54, 1.807) is 12.1 Å². The molecular formula is C22H27F3N2O4. The van der Waals surface area contributed by atoms with E-state index >= 15 is 0 Å². The van der Waals surface area contributed by atoms with Crippen LogP contribution in [0.2, 0.25) is 0 Å². The van der Waals surface area contributed by atoms with Gasteiger partial charge in [0.1, 0.15) is 0 Å². The Morgan fingerprint density at radius 1 is 1.23 bits per heavy atom. The number of hydrogen-bond acceptors (Lipinski definition) is 5. The summed E-state index contributed by atoms with van der Waals surface area (Å²) in [6.07, 6.45) is 1.45. The van der Waals surface area contributed by atoms with Crippen molar-refractivity contribution in [2.75, 3.05) is 19.6 Å². The van der Waals surface area contributed by atoms with Crippen molar-refractivity contribution in [3.05, 3.63) is 47.6 Å². The van der Waals surface area contributed by atoms with E-state index in [4.69, 9.17) is 0 Å². The van der Waals surface area contributed by atoms with Crippen LogP contribution in [-0.2, 0) is 16.0 Å². The SMILES string of the molecule is O=C(CC1=CCC(OC(F)(F)F)C=C1)NC(Cc1ccc(O)c(O)c1)CN1CCCC1. The number of ether oxygens (including phenoxy) is 1. The van der Waals surface area contributed by atoms with Crippen LogP contribution < -0.4 is 5.32 Å². The molecule has 3 rings (SSSR count). The fourth-order valence-electron chi connectivity index (χ4n) is 3.92. The quantitative estimate of drug-likeness (QED) is 0.540. The van der Waals surface area contributed by atoms with E-state index in [2.05, 4.69) is 15.0 Å². The van der Waals surface area contributed by atoms with Crippen LogP contribution in [0.4, 0.5) is 13.2 Å². The molecule has 6 nitrogen and oxygen atoms in total. The number of amides is 1. The average molecular weight is 440 g/mol. The van der Waals surface area contributed by atoms with E-state index in [-0.39, 0.29) is 36.3 Å². The third-order valence-electron chi connectivity index (χ3n) is 5.35. The van der Waals surface area contributed by atoms with Crippen LogP contribution >= 0.6 is 0 Å². The van der Waals surface area contributed by atoms with E-state index in [0.29, 0.717) is 18.5 Å². The number of phenols is 2. The van der Waals surface area contributed by atoms with Gasteiger partial charge in [-0.15, -0.1) is 13.2 Å². The van der Waals surface area contributed by atoms with Crippen molar-refractivity contribution in [1.82, 2.24) is 10.2 Å². The molecule has 1 heterocycles. The van der Waals surface area contributed by atoms with Gasteiger partial charge < -0.3 is 20.4 Å². The van der Waals surface area contributed by atoms with Crippen molar-refractivity contribution < 1.29 is 32.9 Å². The maximum absolute atomic E-state index is 12.6. The van der Waals surface area contributed by atoms with Crippen molar-refractivity contribution in [2.45, 2.75) is 50.6 Å². The second-order valence-electron chi connectivity index (χ2n) is 7.95. The molecule has 2 aliphatic rings. The molecule has 1 aliphatic heterocycles. The Kier molecular flexibility index (Phi) is 7.61. The summed E-state index contributed by atoms with van der Waals surface area (Å²) in [5.74, 6) is -0.636. The maximum atomic E-state index is 12.6. The Morgan fingerprint density at radius 2 is 1.97 bits per heavy atom. The molecule has 1 aromatic carbocycles. The zero-order valence-electron chi connectivity index (χ0n) is 17.1. The van der Waals surface area contributed by atoms with Gasteiger partial charge in [0.15, 0.2) is 11.5 Å². The number of allylic oxidation sites excluding steroid dienone is 1. The molecule has 0 saturated carbocycles. The first-order chi connectivity index (χ1) is 14.7. The molecule has 0 radical (unpaired) electrons. The van der Waals surface area contributed by atoms with Crippen LogP contribution in [0.5, 0.6) is 11.5 Å². The second kappa shape index (κ2) is 10.2. The van der Waals surface area contributed by atoms with E-state index < -0.39 is 12.5 Å². The number of carbonyl (C=O) groups excluding carboxylic acids is 1. The number of hydrogen-bond donors (Lipinski definition) is 3. The molecule has 1 fully saturated rings. The minimum absolute atomic E-state index is 0.0581. The third kappa shape index (κ3) is 7.59. The van der Waals surface area contributed by atoms with Crippen LogP contribution in [0.15, 0.2) is 42.0 Å². The van der Waals surface area contributed by atoms with Crippen molar-refractivity contribution in [3.8, 4) is 11.5 Å². The Morgan fingerprint density at radius 3 is 2.58 bits per heavy atom. The fraction of sp³-hybridized carbons (Fsp3) is 0.500. The molecule has 2 atom stereocenters. The van der Waals surface area contributed by atoms with Crippen molar-refractivity contribution in [2.24, 2.45) is 0 Å². The van der Waals surface area contributed by atoms with Gasteiger partial charge in [-0.25, -0.2) is 0 Å². The Balaban J connectivity index is 1.57. The van der Waals surface area contributed by atoms with E-state index in [1.165, 1.54) is 24.3 Å². The fourth-order valence-corrected chi connectivity index (χ4v) is 3.92. The van der Waals surface area contributed by atoms with Crippen molar-refractivity contribution in [3.63, 3.8) is 0 Å². The molecule has 0 spiro atoms. The number of aromatic hydroxyl groups is 2. The lowest BCUT2D eigenvalue weighted by Crippen LogP contribution is -2.44. The number of phenolic OH excluding ortho intramolecular Hbond substituents is 2. The van der Waals surface area contributed by atoms with Crippen molar-refractivity contribution >= 4 is 5.91 Å². The van der Waals surface area contributed by atoms with Gasteiger partial charge in [0.25, 0.3) is 0 Å². The van der Waals surface area contributed by atoms with Crippen LogP contribution in [0, 0.1) is 0 Å². The van der Waals surface area contributed by atoms with E-state index in [9.17, 15) is 28.2 Å². The maximum Gasteiger partial charge on any atom is 0.523 e. The molecule has 0 aromatic heterocycles. The van der Waals surface area contributed by atoms with Gasteiger partial charge in [0.05, 0.1) is 12.5 Å². The highest BCUT2D eigenvalue weighted by Crippen LogP contribution is 2.26. The Labute approximate surface area is 179 Å². The van der Waals surface area contributed by atoms with Crippen molar-refractivity contribution in [1.29, 1.82) is 0 Å². The smallest absolute Gasteiger partial charge is 0.504 e. The van der Waals surface area contributed by atoms with Gasteiger partial charge >= 0.3 is 6.36 Å². The second-order valence-corrected chi connectivity index (χ2v) is 7.95. The largest absolute Gasteiger partial charge is 0.523 e. The van der Waals surface area contributed by atoms with Crippen LogP contribution in [0.1, 0.15) is 31.2 Å². The number of alkyl halides is 3. The normalized spacial score (nSPS) is 20.5. The lowest BCUT2D eigenvalue weighted by atomic mass is 10.0. The average Bonchev–Trinajstić information content (AvgIpc) is 3.18. The first kappa shape index (κ1) is 23.1. The van der Waals surface area contributed by atoms with Gasteiger partial charge in [-0.2, -0.15) is 0 Å². The molecule has 9 heteroatoms. The summed E-state index contributed by atoms with van der Waals surface area (Å²) in [6, 6.07) is 4.39. The number of benzene rings is 1. The third-order valence-corrected chi connectivity index (χ3v) is 5.35. The molecule has 1 saturated heterocycles. The molecule has 2 unspecified atom stereocenters. The van der Waals surface area contributed by atoms with Crippen LogP contribution in [0.25, 0.3) is 0 Å². The molecule has 1 aliphatic carbocycles. The van der Waals surface area contributed by atoms with Gasteiger partial charge in [0.2, 0.25) is 5.91 Å². The summed E-state index contributed by atoms with van der Waals surface area (Å²) in [5, 5.41) is 22.3. The van der Waals surface area contributed by atoms with E-state index in [0.717, 1.165) is 31.5 Å². The highest BCUT2D eigenvalue weighted by Gasteiger charge is 2.33. The van der Waals surface area contributed by atoms with Gasteiger partial charge in [0, 0.05) is 12.6 Å². The summed E-state index contributed by atoms with van der Waals surface area (Å²) in [7, 11) is 0. The van der Waals surface area contributed by atoms with Crippen LogP contribution in [-0.4, -0.2) is 59.2 Å². The minimum atomic E-state index is -4.69. The molecule has 170 valence electrons. The van der Waals surface area contributed by atoms with Crippen LogP contribution in [0.3, 0.4) is 0 Å². The molecule has 0 bridgehead atoms. The molecule has 31 heavy (non-hydrogen) atoms. The minimum Gasteiger partial charge on any atom is -0.504 e. The Bertz CT molecular complexity index is 833. The molecule has 3 N–H and O–H groups in total. The summed E-state index contributed by atoms with van der Waals surface area (Å²) >= 11 is 0. The predicted molar refractivity (Wildman–Crippen MR) is 108 cm³/mol. The number of halogens is 3. The number of rotatable bonds is 8. The zero-order chi connectivity index (χ0) is 22.4. The lowest BCUT2D eigenvalue weighted by molar-refractivity contribution is -0.336. The number of likely N-dealkylation sites (tertiary alicyclic amines) is 1. The molecule has 1 amide bonds. The molecule has 1 aromatic rings. The first-order valence-corrected chi connectivity index (χ1v) is 10.3. The number of nitrogens with one attached hydrogen (secondary N) is 1. The zero-order valence-corrected chi connectivity index (χ0v) is 17.1. The summed E-state index contributed by atoms with van der Waals surface area (Å²) < 4.78 is 40.9. The topological polar surface area (TPSA) is 82.0 Å².